The van der Waals surface area contributed by atoms with Crippen LogP contribution in [0.15, 0.2) is 66.7 Å². The normalized spacial score (nSPS) is 11.3. The largest absolute Gasteiger partial charge is 0.380 e. The van der Waals surface area contributed by atoms with Crippen molar-refractivity contribution in [1.29, 1.82) is 0 Å². The first-order chi connectivity index (χ1) is 15.9. The van der Waals surface area contributed by atoms with Gasteiger partial charge in [-0.1, -0.05) is 48.5 Å². The molecule has 0 amide bonds. The van der Waals surface area contributed by atoms with E-state index in [2.05, 4.69) is 0 Å². The zero-order valence-corrected chi connectivity index (χ0v) is 18.3. The second-order valence-corrected chi connectivity index (χ2v) is 8.20. The minimum Gasteiger partial charge on any atom is -0.380 e. The van der Waals surface area contributed by atoms with Crippen molar-refractivity contribution in [3.8, 4) is 0 Å². The molecule has 0 aromatic heterocycles. The smallest absolute Gasteiger partial charge is 0.159 e. The molecule has 0 bridgehead atoms. The van der Waals surface area contributed by atoms with Gasteiger partial charge in [0.25, 0.3) is 0 Å². The van der Waals surface area contributed by atoms with Crippen LogP contribution in [0.25, 0.3) is 10.8 Å². The fraction of sp³-hybridized carbons (Fsp3) is 0.214. The summed E-state index contributed by atoms with van der Waals surface area (Å²) < 4.78 is 60.9. The van der Waals surface area contributed by atoms with E-state index >= 15 is 4.39 Å². The van der Waals surface area contributed by atoms with Crippen molar-refractivity contribution in [2.24, 2.45) is 0 Å². The van der Waals surface area contributed by atoms with Crippen molar-refractivity contribution in [1.82, 2.24) is 0 Å². The lowest BCUT2D eigenvalue weighted by molar-refractivity contribution is 0.184. The van der Waals surface area contributed by atoms with Crippen molar-refractivity contribution < 1.29 is 22.3 Å². The van der Waals surface area contributed by atoms with Gasteiger partial charge in [0.1, 0.15) is 11.6 Å². The quantitative estimate of drug-likeness (QED) is 0.259. The van der Waals surface area contributed by atoms with Crippen LogP contribution >= 0.6 is 0 Å². The van der Waals surface area contributed by atoms with Crippen LogP contribution in [0.3, 0.4) is 0 Å². The summed E-state index contributed by atoms with van der Waals surface area (Å²) in [5.41, 5.74) is 3.57. The molecule has 0 aliphatic carbocycles. The molecule has 4 aromatic rings. The third-order valence-electron chi connectivity index (χ3n) is 5.88. The Morgan fingerprint density at radius 2 is 1.21 bits per heavy atom. The molecule has 170 valence electrons. The molecule has 4 rings (SSSR count). The number of hydrogen-bond acceptors (Lipinski definition) is 1. The van der Waals surface area contributed by atoms with Gasteiger partial charge in [-0.3, -0.25) is 0 Å². The lowest BCUT2D eigenvalue weighted by atomic mass is 9.97. The summed E-state index contributed by atoms with van der Waals surface area (Å²) in [5, 5.41) is 1.29. The summed E-state index contributed by atoms with van der Waals surface area (Å²) in [4.78, 5) is 0. The first-order valence-corrected chi connectivity index (χ1v) is 10.8. The Morgan fingerprint density at radius 1 is 0.576 bits per heavy atom. The van der Waals surface area contributed by atoms with Crippen molar-refractivity contribution in [3.63, 3.8) is 0 Å². The van der Waals surface area contributed by atoms with Gasteiger partial charge in [-0.15, -0.1) is 0 Å². The number of aryl methyl sites for hydroxylation is 4. The molecule has 0 aliphatic rings. The number of methoxy groups -OCH3 is 1. The molecule has 0 saturated carbocycles. The minimum absolute atomic E-state index is 0.248. The molecule has 0 heterocycles. The number of ether oxygens (including phenoxy) is 1. The Bertz CT molecular complexity index is 1280. The van der Waals surface area contributed by atoms with E-state index in [9.17, 15) is 13.2 Å². The van der Waals surface area contributed by atoms with Crippen molar-refractivity contribution in [2.75, 3.05) is 7.11 Å². The summed E-state index contributed by atoms with van der Waals surface area (Å²) in [6.45, 7) is 0.371. The molecule has 0 fully saturated rings. The average Bonchev–Trinajstić information content (AvgIpc) is 2.80. The molecular weight excluding hydrogens is 428 g/mol. The first-order valence-electron chi connectivity index (χ1n) is 10.8. The van der Waals surface area contributed by atoms with E-state index in [1.807, 2.05) is 24.3 Å². The fourth-order valence-electron chi connectivity index (χ4n) is 4.04. The van der Waals surface area contributed by atoms with Gasteiger partial charge in [-0.25, -0.2) is 17.6 Å². The van der Waals surface area contributed by atoms with Crippen molar-refractivity contribution in [2.45, 2.75) is 32.3 Å². The topological polar surface area (TPSA) is 9.23 Å². The highest BCUT2D eigenvalue weighted by Crippen LogP contribution is 2.25. The summed E-state index contributed by atoms with van der Waals surface area (Å²) in [6, 6.07) is 18.0. The van der Waals surface area contributed by atoms with Crippen LogP contribution in [-0.4, -0.2) is 7.11 Å². The van der Waals surface area contributed by atoms with Crippen LogP contribution in [0.2, 0.25) is 0 Å². The van der Waals surface area contributed by atoms with Crippen LogP contribution in [0.4, 0.5) is 17.6 Å². The van der Waals surface area contributed by atoms with Crippen LogP contribution in [-0.2, 0) is 37.0 Å². The van der Waals surface area contributed by atoms with Crippen LogP contribution in [0, 0.1) is 23.3 Å². The van der Waals surface area contributed by atoms with Gasteiger partial charge in [0.15, 0.2) is 11.6 Å². The van der Waals surface area contributed by atoms with E-state index in [-0.39, 0.29) is 11.6 Å². The molecule has 1 nitrogen and oxygen atoms in total. The Kier molecular flexibility index (Phi) is 7.09. The highest BCUT2D eigenvalue weighted by atomic mass is 19.2. The van der Waals surface area contributed by atoms with E-state index in [1.165, 1.54) is 12.1 Å². The predicted molar refractivity (Wildman–Crippen MR) is 122 cm³/mol. The number of fused-ring (bicyclic) bond motifs is 1. The first kappa shape index (κ1) is 23.0. The van der Waals surface area contributed by atoms with Gasteiger partial charge >= 0.3 is 0 Å². The molecule has 0 saturated heterocycles. The lowest BCUT2D eigenvalue weighted by Crippen LogP contribution is -1.99. The van der Waals surface area contributed by atoms with Crippen LogP contribution in [0.1, 0.15) is 27.8 Å². The summed E-state index contributed by atoms with van der Waals surface area (Å²) >= 11 is 0. The van der Waals surface area contributed by atoms with E-state index in [1.54, 1.807) is 25.3 Å². The SMILES string of the molecule is COCc1ccc(CCc2ccc3c(F)c(CCc4ccc(F)c(F)c4)ccc3c2)c(F)c1. The molecule has 33 heavy (non-hydrogen) atoms. The summed E-state index contributed by atoms with van der Waals surface area (Å²) in [5.74, 6) is -2.34. The molecule has 4 aromatic carbocycles. The molecule has 0 atom stereocenters. The van der Waals surface area contributed by atoms with Crippen molar-refractivity contribution in [3.05, 3.63) is 118 Å². The molecule has 0 spiro atoms. The molecule has 0 unspecified atom stereocenters. The average molecular weight is 452 g/mol. The predicted octanol–water partition coefficient (Wildman–Crippen LogP) is 7.11. The van der Waals surface area contributed by atoms with Gasteiger partial charge in [0, 0.05) is 12.5 Å². The number of hydrogen-bond donors (Lipinski definition) is 0. The maximum absolute atomic E-state index is 15.1. The van der Waals surface area contributed by atoms with Crippen LogP contribution in [0.5, 0.6) is 0 Å². The number of rotatable bonds is 8. The molecular formula is C28H24F4O. The van der Waals surface area contributed by atoms with Gasteiger partial charge < -0.3 is 4.74 Å². The molecule has 0 N–H and O–H groups in total. The third kappa shape index (κ3) is 5.42. The van der Waals surface area contributed by atoms with Gasteiger partial charge in [-0.05, 0) is 77.1 Å². The Morgan fingerprint density at radius 3 is 1.94 bits per heavy atom. The van der Waals surface area contributed by atoms with E-state index in [0.29, 0.717) is 54.4 Å². The number of benzene rings is 4. The highest BCUT2D eigenvalue weighted by molar-refractivity contribution is 5.84. The Hall–Kier alpha value is -3.18. The zero-order valence-electron chi connectivity index (χ0n) is 18.3. The van der Waals surface area contributed by atoms with E-state index in [4.69, 9.17) is 4.74 Å². The number of halogens is 4. The summed E-state index contributed by atoms with van der Waals surface area (Å²) in [7, 11) is 1.57. The minimum atomic E-state index is -0.898. The lowest BCUT2D eigenvalue weighted by Gasteiger charge is -2.10. The maximum Gasteiger partial charge on any atom is 0.159 e. The molecule has 5 heteroatoms. The monoisotopic (exact) mass is 452 g/mol. The maximum atomic E-state index is 15.1. The van der Waals surface area contributed by atoms with Gasteiger partial charge in [0.05, 0.1) is 6.61 Å². The molecule has 0 radical (unpaired) electrons. The Balaban J connectivity index is 1.45. The van der Waals surface area contributed by atoms with Gasteiger partial charge in [0.2, 0.25) is 0 Å². The third-order valence-corrected chi connectivity index (χ3v) is 5.88. The second-order valence-electron chi connectivity index (χ2n) is 8.20. The second kappa shape index (κ2) is 10.2. The standard InChI is InChI=1S/C28H24F4O/c1-33-17-20-4-8-21(26(30)16-20)7-2-18-5-12-24-23(14-18)11-10-22(28(24)32)9-3-19-6-13-25(29)27(31)15-19/h4-6,8,10-16H,2-3,7,9,17H2,1H3. The van der Waals surface area contributed by atoms with E-state index in [0.717, 1.165) is 28.6 Å². The highest BCUT2D eigenvalue weighted by Gasteiger charge is 2.10. The zero-order chi connectivity index (χ0) is 23.4. The van der Waals surface area contributed by atoms with Crippen LogP contribution < -0.4 is 0 Å². The summed E-state index contributed by atoms with van der Waals surface area (Å²) in [6.07, 6.45) is 1.97. The van der Waals surface area contributed by atoms with E-state index < -0.39 is 11.6 Å². The van der Waals surface area contributed by atoms with Crippen molar-refractivity contribution >= 4 is 10.8 Å². The fourth-order valence-corrected chi connectivity index (χ4v) is 4.04. The Labute approximate surface area is 190 Å². The van der Waals surface area contributed by atoms with Gasteiger partial charge in [-0.2, -0.15) is 0 Å². The molecule has 0 aliphatic heterocycles.